The lowest BCUT2D eigenvalue weighted by Gasteiger charge is -2.08. The van der Waals surface area contributed by atoms with Crippen molar-refractivity contribution in [1.82, 2.24) is 5.43 Å². The van der Waals surface area contributed by atoms with Crippen LogP contribution < -0.4 is 10.9 Å². The van der Waals surface area contributed by atoms with Gasteiger partial charge in [-0.1, -0.05) is 12.1 Å². The van der Waals surface area contributed by atoms with Crippen LogP contribution in [0.25, 0.3) is 0 Å². The topological polar surface area (TPSA) is 84.3 Å². The van der Waals surface area contributed by atoms with E-state index in [2.05, 4.69) is 10.9 Å². The number of nitrogens with zero attached hydrogens (tertiary/aromatic N) is 1. The van der Waals surface area contributed by atoms with Crippen molar-refractivity contribution in [2.75, 3.05) is 5.43 Å². The molecule has 104 valence electrons. The third kappa shape index (κ3) is 3.79. The Hall–Kier alpha value is -2.41. The molecule has 0 saturated heterocycles. The highest BCUT2D eigenvalue weighted by molar-refractivity contribution is 7.07. The fourth-order valence-electron chi connectivity index (χ4n) is 1.63. The maximum atomic E-state index is 11.7. The number of amides is 1. The van der Waals surface area contributed by atoms with E-state index in [4.69, 9.17) is 0 Å². The smallest absolute Gasteiger partial charge is 0.292 e. The SMILES string of the molecule is O=C(CCc1ccsc1)NNc1ccccc1[N+](=O)[O-]. The van der Waals surface area contributed by atoms with Gasteiger partial charge in [-0.2, -0.15) is 11.3 Å². The van der Waals surface area contributed by atoms with Crippen LogP contribution in [0.5, 0.6) is 0 Å². The molecule has 0 fully saturated rings. The third-order valence-corrected chi connectivity index (χ3v) is 3.39. The van der Waals surface area contributed by atoms with Crippen LogP contribution in [0.1, 0.15) is 12.0 Å². The van der Waals surface area contributed by atoms with Crippen LogP contribution in [-0.2, 0) is 11.2 Å². The molecule has 0 unspecified atom stereocenters. The van der Waals surface area contributed by atoms with Gasteiger partial charge in [0.2, 0.25) is 5.91 Å². The Morgan fingerprint density at radius 2 is 2.10 bits per heavy atom. The number of aryl methyl sites for hydroxylation is 1. The van der Waals surface area contributed by atoms with Crippen molar-refractivity contribution < 1.29 is 9.72 Å². The summed E-state index contributed by atoms with van der Waals surface area (Å²) in [5.41, 5.74) is 6.35. The van der Waals surface area contributed by atoms with Gasteiger partial charge in [-0.15, -0.1) is 0 Å². The fraction of sp³-hybridized carbons (Fsp3) is 0.154. The van der Waals surface area contributed by atoms with Gasteiger partial charge in [-0.25, -0.2) is 0 Å². The number of anilines is 1. The van der Waals surface area contributed by atoms with Crippen molar-refractivity contribution >= 4 is 28.6 Å². The lowest BCUT2D eigenvalue weighted by molar-refractivity contribution is -0.384. The number of carbonyl (C=O) groups is 1. The number of nitro benzene ring substituents is 1. The molecule has 1 aromatic carbocycles. The second-order valence-corrected chi connectivity index (χ2v) is 4.86. The van der Waals surface area contributed by atoms with E-state index < -0.39 is 4.92 Å². The number of hydrogen-bond acceptors (Lipinski definition) is 5. The second kappa shape index (κ2) is 6.67. The number of carbonyl (C=O) groups excluding carboxylic acids is 1. The molecule has 0 radical (unpaired) electrons. The molecule has 0 aliphatic carbocycles. The maximum absolute atomic E-state index is 11.7. The number of para-hydroxylation sites is 2. The Labute approximate surface area is 119 Å². The Balaban J connectivity index is 1.85. The number of hydrogen-bond donors (Lipinski definition) is 2. The highest BCUT2D eigenvalue weighted by atomic mass is 32.1. The zero-order valence-electron chi connectivity index (χ0n) is 10.5. The molecule has 0 saturated carbocycles. The Morgan fingerprint density at radius 3 is 2.80 bits per heavy atom. The number of nitrogens with one attached hydrogen (secondary N) is 2. The van der Waals surface area contributed by atoms with Gasteiger partial charge in [-0.3, -0.25) is 25.8 Å². The van der Waals surface area contributed by atoms with Gasteiger partial charge in [0.25, 0.3) is 5.69 Å². The van der Waals surface area contributed by atoms with Gasteiger partial charge >= 0.3 is 0 Å². The second-order valence-electron chi connectivity index (χ2n) is 4.08. The van der Waals surface area contributed by atoms with Gasteiger partial charge in [0.05, 0.1) is 4.92 Å². The average Bonchev–Trinajstić information content (AvgIpc) is 2.96. The molecule has 0 aliphatic heterocycles. The minimum Gasteiger partial charge on any atom is -0.292 e. The van der Waals surface area contributed by atoms with Crippen LogP contribution in [0.3, 0.4) is 0 Å². The van der Waals surface area contributed by atoms with E-state index >= 15 is 0 Å². The zero-order valence-corrected chi connectivity index (χ0v) is 11.4. The molecule has 6 nitrogen and oxygen atoms in total. The molecule has 1 heterocycles. The first-order chi connectivity index (χ1) is 9.66. The van der Waals surface area contributed by atoms with Gasteiger partial charge in [-0.05, 0) is 34.9 Å². The first kappa shape index (κ1) is 14.0. The predicted molar refractivity (Wildman–Crippen MR) is 77.5 cm³/mol. The summed E-state index contributed by atoms with van der Waals surface area (Å²) in [6.45, 7) is 0. The summed E-state index contributed by atoms with van der Waals surface area (Å²) in [5, 5.41) is 14.7. The van der Waals surface area contributed by atoms with Gasteiger partial charge in [0.1, 0.15) is 5.69 Å². The highest BCUT2D eigenvalue weighted by Gasteiger charge is 2.12. The van der Waals surface area contributed by atoms with Crippen LogP contribution >= 0.6 is 11.3 Å². The minimum absolute atomic E-state index is 0.0781. The van der Waals surface area contributed by atoms with E-state index in [9.17, 15) is 14.9 Å². The third-order valence-electron chi connectivity index (χ3n) is 2.66. The van der Waals surface area contributed by atoms with E-state index in [0.717, 1.165) is 5.56 Å². The van der Waals surface area contributed by atoms with E-state index in [0.29, 0.717) is 12.8 Å². The average molecular weight is 291 g/mol. The van der Waals surface area contributed by atoms with Crippen molar-refractivity contribution in [3.05, 3.63) is 56.8 Å². The molecule has 20 heavy (non-hydrogen) atoms. The molecule has 1 amide bonds. The first-order valence-electron chi connectivity index (χ1n) is 5.96. The molecule has 2 N–H and O–H groups in total. The highest BCUT2D eigenvalue weighted by Crippen LogP contribution is 2.22. The molecule has 2 rings (SSSR count). The van der Waals surface area contributed by atoms with Crippen molar-refractivity contribution in [3.8, 4) is 0 Å². The number of benzene rings is 1. The van der Waals surface area contributed by atoms with Crippen LogP contribution in [0.2, 0.25) is 0 Å². The van der Waals surface area contributed by atoms with Crippen molar-refractivity contribution in [2.45, 2.75) is 12.8 Å². The monoisotopic (exact) mass is 291 g/mol. The Morgan fingerprint density at radius 1 is 1.30 bits per heavy atom. The molecular weight excluding hydrogens is 278 g/mol. The number of rotatable bonds is 6. The largest absolute Gasteiger partial charge is 0.294 e. The number of hydrazine groups is 1. The molecule has 2 aromatic rings. The molecule has 1 aromatic heterocycles. The molecule has 0 aliphatic rings. The van der Waals surface area contributed by atoms with Gasteiger partial charge in [0, 0.05) is 12.5 Å². The number of thiophene rings is 1. The van der Waals surface area contributed by atoms with Crippen LogP contribution in [0.4, 0.5) is 11.4 Å². The molecule has 7 heteroatoms. The molecule has 0 atom stereocenters. The minimum atomic E-state index is -0.500. The summed E-state index contributed by atoms with van der Waals surface area (Å²) in [7, 11) is 0. The van der Waals surface area contributed by atoms with Crippen molar-refractivity contribution in [1.29, 1.82) is 0 Å². The Kier molecular flexibility index (Phi) is 4.67. The quantitative estimate of drug-likeness (QED) is 0.633. The van der Waals surface area contributed by atoms with Crippen molar-refractivity contribution in [3.63, 3.8) is 0 Å². The van der Waals surface area contributed by atoms with E-state index in [1.165, 1.54) is 12.1 Å². The predicted octanol–water partition coefficient (Wildman–Crippen LogP) is 2.73. The maximum Gasteiger partial charge on any atom is 0.294 e. The van der Waals surface area contributed by atoms with Gasteiger partial charge < -0.3 is 0 Å². The summed E-state index contributed by atoms with van der Waals surface area (Å²) >= 11 is 1.58. The Bertz CT molecular complexity index is 599. The summed E-state index contributed by atoms with van der Waals surface area (Å²) in [6, 6.07) is 8.11. The molecule has 0 spiro atoms. The van der Waals surface area contributed by atoms with E-state index in [-0.39, 0.29) is 17.3 Å². The lowest BCUT2D eigenvalue weighted by atomic mass is 10.2. The van der Waals surface area contributed by atoms with Crippen LogP contribution in [0.15, 0.2) is 41.1 Å². The van der Waals surface area contributed by atoms with Gasteiger partial charge in [0.15, 0.2) is 0 Å². The summed E-state index contributed by atoms with van der Waals surface area (Å²) in [6.07, 6.45) is 0.970. The van der Waals surface area contributed by atoms with Crippen LogP contribution in [-0.4, -0.2) is 10.8 Å². The summed E-state index contributed by atoms with van der Waals surface area (Å²) < 4.78 is 0. The molecule has 0 bridgehead atoms. The normalized spacial score (nSPS) is 10.0. The number of nitro groups is 1. The van der Waals surface area contributed by atoms with E-state index in [1.807, 2.05) is 16.8 Å². The summed E-state index contributed by atoms with van der Waals surface area (Å²) in [5.74, 6) is -0.214. The van der Waals surface area contributed by atoms with Crippen molar-refractivity contribution in [2.24, 2.45) is 0 Å². The summed E-state index contributed by atoms with van der Waals surface area (Å²) in [4.78, 5) is 22.0. The first-order valence-corrected chi connectivity index (χ1v) is 6.90. The van der Waals surface area contributed by atoms with E-state index in [1.54, 1.807) is 23.5 Å². The lowest BCUT2D eigenvalue weighted by Crippen LogP contribution is -2.29. The zero-order chi connectivity index (χ0) is 14.4. The molecular formula is C13H13N3O3S. The van der Waals surface area contributed by atoms with Crippen LogP contribution in [0, 0.1) is 10.1 Å². The fourth-order valence-corrected chi connectivity index (χ4v) is 2.33. The standard InChI is InChI=1S/C13H13N3O3S/c17-13(6-5-10-7-8-20-9-10)15-14-11-3-1-2-4-12(11)16(18)19/h1-4,7-9,14H,5-6H2,(H,15,17).